The number of nitrogens with one attached hydrogen (secondary N) is 3. The van der Waals surface area contributed by atoms with E-state index in [1.54, 1.807) is 35.6 Å². The minimum Gasteiger partial charge on any atom is -0.356 e. The van der Waals surface area contributed by atoms with E-state index in [2.05, 4.69) is 16.0 Å². The Bertz CT molecular complexity index is 761. The molecule has 1 aliphatic heterocycles. The first-order valence-electron chi connectivity index (χ1n) is 8.08. The molecule has 0 spiro atoms. The SMILES string of the molecule is O=C(CCC1(c2ccccc2)NC(=O)NC1=O)NCCc1cccs1. The summed E-state index contributed by atoms with van der Waals surface area (Å²) in [7, 11) is 0. The summed E-state index contributed by atoms with van der Waals surface area (Å²) in [5.41, 5.74) is -0.520. The van der Waals surface area contributed by atoms with Crippen molar-refractivity contribution in [2.45, 2.75) is 24.8 Å². The molecule has 1 fully saturated rings. The molecular formula is C18H19N3O3S. The van der Waals surface area contributed by atoms with Crippen molar-refractivity contribution in [3.05, 3.63) is 58.3 Å². The van der Waals surface area contributed by atoms with Gasteiger partial charge in [0.05, 0.1) is 0 Å². The summed E-state index contributed by atoms with van der Waals surface area (Å²) in [6.45, 7) is 0.552. The maximum atomic E-state index is 12.4. The molecule has 1 saturated heterocycles. The fourth-order valence-corrected chi connectivity index (χ4v) is 3.62. The number of carbonyl (C=O) groups excluding carboxylic acids is 3. The van der Waals surface area contributed by atoms with Gasteiger partial charge in [-0.1, -0.05) is 36.4 Å². The van der Waals surface area contributed by atoms with Crippen LogP contribution in [0.2, 0.25) is 0 Å². The summed E-state index contributed by atoms with van der Waals surface area (Å²) in [6, 6.07) is 12.5. The molecule has 1 aromatic carbocycles. The van der Waals surface area contributed by atoms with Crippen molar-refractivity contribution < 1.29 is 14.4 Å². The lowest BCUT2D eigenvalue weighted by molar-refractivity contribution is -0.125. The van der Waals surface area contributed by atoms with E-state index in [1.165, 1.54) is 4.88 Å². The molecule has 0 aliphatic carbocycles. The zero-order valence-corrected chi connectivity index (χ0v) is 14.4. The summed E-state index contributed by atoms with van der Waals surface area (Å²) in [6.07, 6.45) is 1.14. The smallest absolute Gasteiger partial charge is 0.322 e. The Morgan fingerprint density at radius 3 is 2.56 bits per heavy atom. The van der Waals surface area contributed by atoms with E-state index in [0.29, 0.717) is 12.1 Å². The van der Waals surface area contributed by atoms with Gasteiger partial charge in [-0.25, -0.2) is 4.79 Å². The Labute approximate surface area is 149 Å². The van der Waals surface area contributed by atoms with E-state index in [-0.39, 0.29) is 18.7 Å². The first-order chi connectivity index (χ1) is 12.1. The minimum atomic E-state index is -1.19. The van der Waals surface area contributed by atoms with Crippen LogP contribution >= 0.6 is 11.3 Å². The van der Waals surface area contributed by atoms with Crippen molar-refractivity contribution in [1.29, 1.82) is 0 Å². The molecule has 1 aliphatic rings. The molecule has 0 bridgehead atoms. The van der Waals surface area contributed by atoms with Crippen LogP contribution < -0.4 is 16.0 Å². The van der Waals surface area contributed by atoms with Crippen LogP contribution in [0, 0.1) is 0 Å². The molecule has 3 rings (SSSR count). The Balaban J connectivity index is 1.60. The first-order valence-corrected chi connectivity index (χ1v) is 8.96. The van der Waals surface area contributed by atoms with Crippen LogP contribution in [0.3, 0.4) is 0 Å². The molecule has 6 nitrogen and oxygen atoms in total. The van der Waals surface area contributed by atoms with Crippen molar-refractivity contribution in [1.82, 2.24) is 16.0 Å². The minimum absolute atomic E-state index is 0.138. The number of rotatable bonds is 7. The van der Waals surface area contributed by atoms with Crippen LogP contribution in [-0.2, 0) is 21.5 Å². The van der Waals surface area contributed by atoms with Crippen molar-refractivity contribution in [2.75, 3.05) is 6.54 Å². The van der Waals surface area contributed by atoms with Crippen LogP contribution in [0.15, 0.2) is 47.8 Å². The summed E-state index contributed by atoms with van der Waals surface area (Å²) in [5, 5.41) is 9.83. The highest BCUT2D eigenvalue weighted by molar-refractivity contribution is 7.09. The Morgan fingerprint density at radius 2 is 1.92 bits per heavy atom. The predicted molar refractivity (Wildman–Crippen MR) is 95.1 cm³/mol. The average Bonchev–Trinajstić information content (AvgIpc) is 3.22. The lowest BCUT2D eigenvalue weighted by atomic mass is 9.85. The quantitative estimate of drug-likeness (QED) is 0.662. The van der Waals surface area contributed by atoms with Crippen LogP contribution in [0.25, 0.3) is 0 Å². The van der Waals surface area contributed by atoms with Crippen LogP contribution in [0.5, 0.6) is 0 Å². The third kappa shape index (κ3) is 3.88. The summed E-state index contributed by atoms with van der Waals surface area (Å²) in [4.78, 5) is 37.4. The molecule has 7 heteroatoms. The zero-order valence-electron chi connectivity index (χ0n) is 13.6. The van der Waals surface area contributed by atoms with Crippen molar-refractivity contribution in [3.8, 4) is 0 Å². The van der Waals surface area contributed by atoms with E-state index in [4.69, 9.17) is 0 Å². The molecule has 1 atom stereocenters. The topological polar surface area (TPSA) is 87.3 Å². The standard InChI is InChI=1S/C18H19N3O3S/c22-15(19-11-9-14-7-4-12-25-14)8-10-18(13-5-2-1-3-6-13)16(23)20-17(24)21-18/h1-7,12H,8-11H2,(H,19,22)(H2,20,21,23,24). The number of hydrogen-bond acceptors (Lipinski definition) is 4. The molecule has 1 aromatic heterocycles. The number of urea groups is 1. The fraction of sp³-hybridized carbons (Fsp3) is 0.278. The number of benzene rings is 1. The van der Waals surface area contributed by atoms with Gasteiger partial charge in [-0.3, -0.25) is 14.9 Å². The number of thiophene rings is 1. The fourth-order valence-electron chi connectivity index (χ4n) is 2.91. The van der Waals surface area contributed by atoms with E-state index >= 15 is 0 Å². The highest BCUT2D eigenvalue weighted by atomic mass is 32.1. The van der Waals surface area contributed by atoms with Gasteiger partial charge in [0, 0.05) is 17.8 Å². The van der Waals surface area contributed by atoms with Gasteiger partial charge in [-0.05, 0) is 29.9 Å². The number of imide groups is 1. The Hall–Kier alpha value is -2.67. The maximum absolute atomic E-state index is 12.4. The monoisotopic (exact) mass is 357 g/mol. The molecule has 130 valence electrons. The second-order valence-corrected chi connectivity index (χ2v) is 6.89. The molecule has 4 amide bonds. The lowest BCUT2D eigenvalue weighted by Crippen LogP contribution is -2.44. The molecule has 2 heterocycles. The van der Waals surface area contributed by atoms with Gasteiger partial charge >= 0.3 is 6.03 Å². The predicted octanol–water partition coefficient (Wildman–Crippen LogP) is 1.92. The third-order valence-electron chi connectivity index (χ3n) is 4.21. The van der Waals surface area contributed by atoms with Gasteiger partial charge in [-0.2, -0.15) is 0 Å². The molecule has 25 heavy (non-hydrogen) atoms. The van der Waals surface area contributed by atoms with Gasteiger partial charge in [-0.15, -0.1) is 11.3 Å². The van der Waals surface area contributed by atoms with Crippen LogP contribution in [-0.4, -0.2) is 24.4 Å². The molecule has 1 unspecified atom stereocenters. The van der Waals surface area contributed by atoms with E-state index < -0.39 is 17.5 Å². The number of hydrogen-bond donors (Lipinski definition) is 3. The van der Waals surface area contributed by atoms with Gasteiger partial charge in [0.1, 0.15) is 5.54 Å². The van der Waals surface area contributed by atoms with Crippen LogP contribution in [0.4, 0.5) is 4.79 Å². The van der Waals surface area contributed by atoms with E-state index in [9.17, 15) is 14.4 Å². The summed E-state index contributed by atoms with van der Waals surface area (Å²) in [5.74, 6) is -0.559. The van der Waals surface area contributed by atoms with Gasteiger partial charge in [0.25, 0.3) is 5.91 Å². The molecular weight excluding hydrogens is 338 g/mol. The van der Waals surface area contributed by atoms with E-state index in [0.717, 1.165) is 6.42 Å². The highest BCUT2D eigenvalue weighted by Gasteiger charge is 2.47. The van der Waals surface area contributed by atoms with Crippen molar-refractivity contribution in [3.63, 3.8) is 0 Å². The normalized spacial score (nSPS) is 19.4. The van der Waals surface area contributed by atoms with Gasteiger partial charge in [0.15, 0.2) is 0 Å². The van der Waals surface area contributed by atoms with Crippen molar-refractivity contribution in [2.24, 2.45) is 0 Å². The second-order valence-electron chi connectivity index (χ2n) is 5.86. The van der Waals surface area contributed by atoms with Gasteiger partial charge in [0.2, 0.25) is 5.91 Å². The average molecular weight is 357 g/mol. The number of carbonyl (C=O) groups is 3. The summed E-state index contributed by atoms with van der Waals surface area (Å²) >= 11 is 1.65. The van der Waals surface area contributed by atoms with E-state index in [1.807, 2.05) is 23.6 Å². The molecule has 0 radical (unpaired) electrons. The maximum Gasteiger partial charge on any atom is 0.322 e. The largest absolute Gasteiger partial charge is 0.356 e. The lowest BCUT2D eigenvalue weighted by Gasteiger charge is -2.26. The Morgan fingerprint density at radius 1 is 1.12 bits per heavy atom. The third-order valence-corrected chi connectivity index (χ3v) is 5.15. The molecule has 3 N–H and O–H groups in total. The molecule has 2 aromatic rings. The number of amides is 4. The van der Waals surface area contributed by atoms with Crippen LogP contribution in [0.1, 0.15) is 23.3 Å². The Kier molecular flexibility index (Phi) is 5.14. The molecule has 0 saturated carbocycles. The zero-order chi connectivity index (χ0) is 17.7. The van der Waals surface area contributed by atoms with Gasteiger partial charge < -0.3 is 10.6 Å². The first kappa shape index (κ1) is 17.2. The highest BCUT2D eigenvalue weighted by Crippen LogP contribution is 2.29. The summed E-state index contributed by atoms with van der Waals surface area (Å²) < 4.78 is 0. The second kappa shape index (κ2) is 7.48. The van der Waals surface area contributed by atoms with Crippen molar-refractivity contribution >= 4 is 29.2 Å².